The van der Waals surface area contributed by atoms with Gasteiger partial charge in [0.25, 0.3) is 0 Å². The molecule has 0 rings (SSSR count). The summed E-state index contributed by atoms with van der Waals surface area (Å²) in [4.78, 5) is 4.77. The van der Waals surface area contributed by atoms with E-state index in [9.17, 15) is 5.11 Å². The first-order valence-electron chi connectivity index (χ1n) is 7.70. The molecule has 0 aromatic heterocycles. The SMILES string of the molecule is CCCN(CCCC(C)(CO)NCC)CCN(C)C. The molecule has 0 aromatic rings. The number of likely N-dealkylation sites (N-methyl/N-ethyl adjacent to an activating group) is 2. The molecule has 0 heterocycles. The van der Waals surface area contributed by atoms with Gasteiger partial charge in [0.15, 0.2) is 0 Å². The van der Waals surface area contributed by atoms with E-state index in [1.165, 1.54) is 13.0 Å². The summed E-state index contributed by atoms with van der Waals surface area (Å²) in [6, 6.07) is 0. The Balaban J connectivity index is 4.02. The van der Waals surface area contributed by atoms with Crippen LogP contribution in [0.3, 0.4) is 0 Å². The molecule has 0 aliphatic rings. The lowest BCUT2D eigenvalue weighted by Gasteiger charge is -2.30. The van der Waals surface area contributed by atoms with Crippen molar-refractivity contribution in [1.82, 2.24) is 15.1 Å². The van der Waals surface area contributed by atoms with E-state index in [2.05, 4.69) is 50.0 Å². The highest BCUT2D eigenvalue weighted by atomic mass is 16.3. The molecule has 0 aliphatic heterocycles. The first kappa shape index (κ1) is 18.8. The zero-order valence-electron chi connectivity index (χ0n) is 13.7. The minimum absolute atomic E-state index is 0.117. The predicted octanol–water partition coefficient (Wildman–Crippen LogP) is 1.40. The van der Waals surface area contributed by atoms with Crippen LogP contribution in [0.4, 0.5) is 0 Å². The van der Waals surface area contributed by atoms with Gasteiger partial charge in [0.2, 0.25) is 0 Å². The molecular weight excluding hydrogens is 238 g/mol. The molecule has 0 saturated carbocycles. The Morgan fingerprint density at radius 1 is 1.05 bits per heavy atom. The topological polar surface area (TPSA) is 38.7 Å². The van der Waals surface area contributed by atoms with Gasteiger partial charge in [0, 0.05) is 18.6 Å². The smallest absolute Gasteiger partial charge is 0.0610 e. The number of nitrogens with zero attached hydrogens (tertiary/aromatic N) is 2. The Kier molecular flexibility index (Phi) is 10.5. The average Bonchev–Trinajstić information content (AvgIpc) is 2.36. The van der Waals surface area contributed by atoms with Crippen LogP contribution in [0, 0.1) is 0 Å². The van der Waals surface area contributed by atoms with Gasteiger partial charge < -0.3 is 20.2 Å². The van der Waals surface area contributed by atoms with Gasteiger partial charge in [0.05, 0.1) is 6.61 Å². The van der Waals surface area contributed by atoms with Crippen molar-refractivity contribution in [1.29, 1.82) is 0 Å². The average molecular weight is 273 g/mol. The van der Waals surface area contributed by atoms with Gasteiger partial charge in [-0.25, -0.2) is 0 Å². The standard InChI is InChI=1S/C15H35N3O/c1-6-10-18(13-12-17(4)5)11-8-9-15(3,14-19)16-7-2/h16,19H,6-14H2,1-5H3. The number of aliphatic hydroxyl groups is 1. The quantitative estimate of drug-likeness (QED) is 0.564. The second-order valence-electron chi connectivity index (χ2n) is 6.00. The van der Waals surface area contributed by atoms with Crippen LogP contribution in [0.1, 0.15) is 40.0 Å². The van der Waals surface area contributed by atoms with E-state index in [0.29, 0.717) is 0 Å². The molecule has 116 valence electrons. The fraction of sp³-hybridized carbons (Fsp3) is 1.00. The predicted molar refractivity (Wildman–Crippen MR) is 83.7 cm³/mol. The fourth-order valence-corrected chi connectivity index (χ4v) is 2.34. The molecule has 1 unspecified atom stereocenters. The highest BCUT2D eigenvalue weighted by molar-refractivity contribution is 4.82. The third-order valence-corrected chi connectivity index (χ3v) is 3.56. The lowest BCUT2D eigenvalue weighted by molar-refractivity contribution is 0.156. The van der Waals surface area contributed by atoms with Crippen LogP contribution in [0.15, 0.2) is 0 Å². The second-order valence-corrected chi connectivity index (χ2v) is 6.00. The lowest BCUT2D eigenvalue weighted by atomic mass is 9.96. The van der Waals surface area contributed by atoms with Gasteiger partial charge in [0.1, 0.15) is 0 Å². The Morgan fingerprint density at radius 2 is 1.74 bits per heavy atom. The molecule has 19 heavy (non-hydrogen) atoms. The molecule has 0 fully saturated rings. The summed E-state index contributed by atoms with van der Waals surface area (Å²) in [7, 11) is 4.25. The first-order chi connectivity index (χ1) is 8.97. The van der Waals surface area contributed by atoms with E-state index in [-0.39, 0.29) is 12.1 Å². The highest BCUT2D eigenvalue weighted by Crippen LogP contribution is 2.12. The van der Waals surface area contributed by atoms with Crippen molar-refractivity contribution in [2.45, 2.75) is 45.6 Å². The summed E-state index contributed by atoms with van der Waals surface area (Å²) < 4.78 is 0. The molecule has 0 aliphatic carbocycles. The molecule has 4 heteroatoms. The second kappa shape index (κ2) is 10.6. The van der Waals surface area contributed by atoms with Gasteiger partial charge in [-0.1, -0.05) is 13.8 Å². The van der Waals surface area contributed by atoms with Gasteiger partial charge in [-0.3, -0.25) is 0 Å². The van der Waals surface area contributed by atoms with Gasteiger partial charge in [-0.2, -0.15) is 0 Å². The Labute approximate surface area is 120 Å². The molecular formula is C15H35N3O. The number of hydrogen-bond donors (Lipinski definition) is 2. The van der Waals surface area contributed by atoms with E-state index >= 15 is 0 Å². The van der Waals surface area contributed by atoms with Crippen LogP contribution >= 0.6 is 0 Å². The minimum Gasteiger partial charge on any atom is -0.394 e. The molecule has 0 amide bonds. The van der Waals surface area contributed by atoms with E-state index in [4.69, 9.17) is 0 Å². The summed E-state index contributed by atoms with van der Waals surface area (Å²) in [6.07, 6.45) is 3.37. The maximum Gasteiger partial charge on any atom is 0.0610 e. The van der Waals surface area contributed by atoms with Crippen molar-refractivity contribution < 1.29 is 5.11 Å². The summed E-state index contributed by atoms with van der Waals surface area (Å²) in [6.45, 7) is 12.1. The zero-order chi connectivity index (χ0) is 14.7. The maximum absolute atomic E-state index is 9.48. The van der Waals surface area contributed by atoms with Crippen LogP contribution in [0.5, 0.6) is 0 Å². The number of hydrogen-bond acceptors (Lipinski definition) is 4. The zero-order valence-corrected chi connectivity index (χ0v) is 13.7. The summed E-state index contributed by atoms with van der Waals surface area (Å²) in [5.41, 5.74) is -0.117. The van der Waals surface area contributed by atoms with Gasteiger partial charge in [-0.15, -0.1) is 0 Å². The minimum atomic E-state index is -0.117. The van der Waals surface area contributed by atoms with Crippen molar-refractivity contribution in [3.05, 3.63) is 0 Å². The molecule has 0 saturated heterocycles. The van der Waals surface area contributed by atoms with E-state index < -0.39 is 0 Å². The third kappa shape index (κ3) is 9.38. The van der Waals surface area contributed by atoms with Gasteiger partial charge in [-0.05, 0) is 59.9 Å². The van der Waals surface area contributed by atoms with E-state index in [1.807, 2.05) is 0 Å². The first-order valence-corrected chi connectivity index (χ1v) is 7.70. The molecule has 0 aromatic carbocycles. The van der Waals surface area contributed by atoms with Crippen LogP contribution in [0.2, 0.25) is 0 Å². The third-order valence-electron chi connectivity index (χ3n) is 3.56. The Morgan fingerprint density at radius 3 is 2.21 bits per heavy atom. The summed E-state index contributed by atoms with van der Waals surface area (Å²) in [5.74, 6) is 0. The summed E-state index contributed by atoms with van der Waals surface area (Å²) >= 11 is 0. The molecule has 1 atom stereocenters. The van der Waals surface area contributed by atoms with Crippen molar-refractivity contribution >= 4 is 0 Å². The fourth-order valence-electron chi connectivity index (χ4n) is 2.34. The highest BCUT2D eigenvalue weighted by Gasteiger charge is 2.21. The molecule has 2 N–H and O–H groups in total. The Hall–Kier alpha value is -0.160. The molecule has 4 nitrogen and oxygen atoms in total. The Bertz CT molecular complexity index is 212. The molecule has 0 bridgehead atoms. The number of aliphatic hydroxyl groups excluding tert-OH is 1. The van der Waals surface area contributed by atoms with Crippen molar-refractivity contribution in [3.8, 4) is 0 Å². The monoisotopic (exact) mass is 273 g/mol. The molecule has 0 spiro atoms. The van der Waals surface area contributed by atoms with Crippen LogP contribution in [0.25, 0.3) is 0 Å². The van der Waals surface area contributed by atoms with Crippen molar-refractivity contribution in [2.24, 2.45) is 0 Å². The largest absolute Gasteiger partial charge is 0.394 e. The number of rotatable bonds is 12. The number of nitrogens with one attached hydrogen (secondary N) is 1. The molecule has 0 radical (unpaired) electrons. The van der Waals surface area contributed by atoms with Crippen molar-refractivity contribution in [2.75, 3.05) is 53.4 Å². The van der Waals surface area contributed by atoms with Gasteiger partial charge >= 0.3 is 0 Å². The van der Waals surface area contributed by atoms with Crippen LogP contribution in [-0.2, 0) is 0 Å². The van der Waals surface area contributed by atoms with E-state index in [1.54, 1.807) is 0 Å². The van der Waals surface area contributed by atoms with E-state index in [0.717, 1.165) is 39.0 Å². The maximum atomic E-state index is 9.48. The van der Waals surface area contributed by atoms with Crippen molar-refractivity contribution in [3.63, 3.8) is 0 Å². The van der Waals surface area contributed by atoms with Crippen LogP contribution < -0.4 is 5.32 Å². The lowest BCUT2D eigenvalue weighted by Crippen LogP contribution is -2.46. The van der Waals surface area contributed by atoms with Crippen LogP contribution in [-0.4, -0.2) is 73.9 Å². The summed E-state index contributed by atoms with van der Waals surface area (Å²) in [5, 5.41) is 12.9. The normalized spacial score (nSPS) is 15.2.